The van der Waals surface area contributed by atoms with Gasteiger partial charge in [-0.2, -0.15) is 0 Å². The van der Waals surface area contributed by atoms with Crippen LogP contribution in [0.15, 0.2) is 81.7 Å². The van der Waals surface area contributed by atoms with E-state index < -0.39 is 12.0 Å². The minimum atomic E-state index is -0.708. The summed E-state index contributed by atoms with van der Waals surface area (Å²) in [4.78, 5) is 32.5. The fraction of sp³-hybridized carbons (Fsp3) is 0.219. The molecule has 0 saturated carbocycles. The molecule has 11 heteroatoms. The molecule has 0 amide bonds. The fourth-order valence-electron chi connectivity index (χ4n) is 4.77. The van der Waals surface area contributed by atoms with Crippen molar-refractivity contribution in [1.29, 1.82) is 0 Å². The van der Waals surface area contributed by atoms with Crippen LogP contribution in [-0.4, -0.2) is 23.8 Å². The van der Waals surface area contributed by atoms with Crippen LogP contribution in [0, 0.1) is 7.14 Å². The number of halogens is 3. The Labute approximate surface area is 285 Å². The lowest BCUT2D eigenvalue weighted by Gasteiger charge is -2.24. The number of benzene rings is 3. The number of hydrogen-bond donors (Lipinski definition) is 0. The fourth-order valence-corrected chi connectivity index (χ4v) is 8.04. The van der Waals surface area contributed by atoms with E-state index in [-0.39, 0.29) is 18.8 Å². The smallest absolute Gasteiger partial charge is 0.338 e. The predicted molar refractivity (Wildman–Crippen MR) is 186 cm³/mol. The lowest BCUT2D eigenvalue weighted by molar-refractivity contribution is -0.139. The summed E-state index contributed by atoms with van der Waals surface area (Å²) >= 11 is 12.1. The van der Waals surface area contributed by atoms with Crippen LogP contribution in [0.5, 0.6) is 11.5 Å². The summed E-state index contributed by atoms with van der Waals surface area (Å²) in [6, 6.07) is 18.2. The number of allylic oxidation sites excluding steroid dienone is 1. The van der Waals surface area contributed by atoms with Gasteiger partial charge in [0.05, 0.1) is 38.6 Å². The summed E-state index contributed by atoms with van der Waals surface area (Å²) < 4.78 is 21.3. The number of ether oxygens (including phenoxy) is 3. The Bertz CT molecular complexity index is 1900. The second kappa shape index (κ2) is 14.0. The molecule has 1 aliphatic rings. The van der Waals surface area contributed by atoms with E-state index in [0.29, 0.717) is 43.7 Å². The minimum absolute atomic E-state index is 0.207. The lowest BCUT2D eigenvalue weighted by Crippen LogP contribution is -2.39. The quantitative estimate of drug-likeness (QED) is 0.140. The van der Waals surface area contributed by atoms with Crippen molar-refractivity contribution in [3.05, 3.63) is 120 Å². The Balaban J connectivity index is 1.64. The van der Waals surface area contributed by atoms with Crippen LogP contribution >= 0.6 is 68.1 Å². The third kappa shape index (κ3) is 6.86. The maximum atomic E-state index is 14.1. The number of carbonyl (C=O) groups is 1. The molecule has 0 fully saturated rings. The maximum Gasteiger partial charge on any atom is 0.338 e. The topological polar surface area (TPSA) is 79.1 Å². The zero-order valence-electron chi connectivity index (χ0n) is 23.5. The van der Waals surface area contributed by atoms with Gasteiger partial charge in [-0.05, 0) is 108 Å². The van der Waals surface area contributed by atoms with Gasteiger partial charge in [0.15, 0.2) is 4.80 Å². The van der Waals surface area contributed by atoms with E-state index in [2.05, 4.69) is 50.2 Å². The van der Waals surface area contributed by atoms with Crippen molar-refractivity contribution in [2.24, 2.45) is 4.99 Å². The molecule has 5 rings (SSSR count). The molecule has 0 bridgehead atoms. The van der Waals surface area contributed by atoms with Gasteiger partial charge >= 0.3 is 5.97 Å². The van der Waals surface area contributed by atoms with Gasteiger partial charge in [0.1, 0.15) is 18.1 Å². The standard InChI is InChI=1S/C32H27ClI2N2O5S/c1-4-40-23-12-10-19(11-13-23)28-27(31(39)41-5-2)18(3)36-32-37(28)30(38)26(43-32)15-21-14-22(34)16-25(35)29(21)42-17-20-8-6-7-9-24(20)33/h6-16,28H,4-5,17H2,1-3H3/b26-15-/t28-/m1/s1. The predicted octanol–water partition coefficient (Wildman–Crippen LogP) is 6.64. The van der Waals surface area contributed by atoms with E-state index in [1.54, 1.807) is 18.4 Å². The highest BCUT2D eigenvalue weighted by molar-refractivity contribution is 14.1. The van der Waals surface area contributed by atoms with Gasteiger partial charge < -0.3 is 14.2 Å². The minimum Gasteiger partial charge on any atom is -0.494 e. The average molecular weight is 841 g/mol. The molecule has 1 aliphatic heterocycles. The molecule has 0 radical (unpaired) electrons. The van der Waals surface area contributed by atoms with Crippen LogP contribution in [0.1, 0.15) is 43.5 Å². The number of nitrogens with zero attached hydrogens (tertiary/aromatic N) is 2. The van der Waals surface area contributed by atoms with Gasteiger partial charge in [0, 0.05) is 19.7 Å². The molecule has 1 aromatic heterocycles. The van der Waals surface area contributed by atoms with Crippen LogP contribution in [0.2, 0.25) is 5.02 Å². The first-order valence-corrected chi connectivity index (χ1v) is 16.8. The van der Waals surface area contributed by atoms with Crippen molar-refractivity contribution < 1.29 is 19.0 Å². The van der Waals surface area contributed by atoms with E-state index in [0.717, 1.165) is 23.8 Å². The molecule has 4 aromatic rings. The number of aromatic nitrogens is 1. The Kier molecular flexibility index (Phi) is 10.3. The summed E-state index contributed by atoms with van der Waals surface area (Å²) in [5, 5.41) is 0.625. The number of carbonyl (C=O) groups excluding carboxylic acids is 1. The zero-order valence-corrected chi connectivity index (χ0v) is 29.4. The van der Waals surface area contributed by atoms with Crippen LogP contribution in [0.25, 0.3) is 6.08 Å². The van der Waals surface area contributed by atoms with Gasteiger partial charge in [-0.15, -0.1) is 0 Å². The molecule has 0 spiro atoms. The van der Waals surface area contributed by atoms with Gasteiger partial charge in [0.25, 0.3) is 5.56 Å². The first-order chi connectivity index (χ1) is 20.7. The Morgan fingerprint density at radius 3 is 2.51 bits per heavy atom. The van der Waals surface area contributed by atoms with Gasteiger partial charge in [-0.25, -0.2) is 9.79 Å². The molecular weight excluding hydrogens is 814 g/mol. The van der Waals surface area contributed by atoms with E-state index in [4.69, 9.17) is 25.8 Å². The summed E-state index contributed by atoms with van der Waals surface area (Å²) in [7, 11) is 0. The number of thiazole rings is 1. The summed E-state index contributed by atoms with van der Waals surface area (Å²) in [5.41, 5.74) is 2.95. The summed E-state index contributed by atoms with van der Waals surface area (Å²) in [6.45, 7) is 6.45. The van der Waals surface area contributed by atoms with Gasteiger partial charge in [0.2, 0.25) is 0 Å². The Morgan fingerprint density at radius 2 is 1.81 bits per heavy atom. The zero-order chi connectivity index (χ0) is 30.7. The van der Waals surface area contributed by atoms with Crippen molar-refractivity contribution >= 4 is 80.2 Å². The first-order valence-electron chi connectivity index (χ1n) is 13.5. The third-order valence-electron chi connectivity index (χ3n) is 6.68. The van der Waals surface area contributed by atoms with E-state index in [9.17, 15) is 9.59 Å². The van der Waals surface area contributed by atoms with E-state index in [1.807, 2.05) is 73.7 Å². The molecule has 0 N–H and O–H groups in total. The van der Waals surface area contributed by atoms with Crippen molar-refractivity contribution in [3.63, 3.8) is 0 Å². The first kappa shape index (κ1) is 31.7. The highest BCUT2D eigenvalue weighted by Crippen LogP contribution is 2.33. The average Bonchev–Trinajstić information content (AvgIpc) is 3.27. The van der Waals surface area contributed by atoms with Crippen LogP contribution < -0.4 is 24.4 Å². The molecule has 222 valence electrons. The van der Waals surface area contributed by atoms with Crippen molar-refractivity contribution in [3.8, 4) is 11.5 Å². The van der Waals surface area contributed by atoms with Gasteiger partial charge in [-0.1, -0.05) is 53.3 Å². The normalized spacial score (nSPS) is 14.7. The molecule has 0 aliphatic carbocycles. The Morgan fingerprint density at radius 1 is 1.07 bits per heavy atom. The molecule has 1 atom stereocenters. The van der Waals surface area contributed by atoms with Crippen molar-refractivity contribution in [2.45, 2.75) is 33.4 Å². The lowest BCUT2D eigenvalue weighted by atomic mass is 9.96. The molecule has 7 nitrogen and oxygen atoms in total. The number of hydrogen-bond acceptors (Lipinski definition) is 7. The van der Waals surface area contributed by atoms with E-state index >= 15 is 0 Å². The maximum absolute atomic E-state index is 14.1. The molecular formula is C32H27ClI2N2O5S. The van der Waals surface area contributed by atoms with Crippen LogP contribution in [0.3, 0.4) is 0 Å². The molecule has 2 heterocycles. The number of rotatable bonds is 9. The molecule has 0 saturated heterocycles. The second-order valence-electron chi connectivity index (χ2n) is 9.49. The van der Waals surface area contributed by atoms with Crippen molar-refractivity contribution in [2.75, 3.05) is 13.2 Å². The van der Waals surface area contributed by atoms with Gasteiger partial charge in [-0.3, -0.25) is 9.36 Å². The summed E-state index contributed by atoms with van der Waals surface area (Å²) in [5.74, 6) is 0.854. The monoisotopic (exact) mass is 840 g/mol. The van der Waals surface area contributed by atoms with Crippen molar-refractivity contribution in [1.82, 2.24) is 4.57 Å². The van der Waals surface area contributed by atoms with Crippen LogP contribution in [-0.2, 0) is 16.1 Å². The highest BCUT2D eigenvalue weighted by Gasteiger charge is 2.33. The SMILES string of the molecule is CCOC(=O)C1=C(C)N=c2s/c(=C\c3cc(I)cc(I)c3OCc3ccccc3Cl)c(=O)n2[C@@H]1c1ccc(OCC)cc1. The Hall–Kier alpha value is -2.68. The van der Waals surface area contributed by atoms with E-state index in [1.165, 1.54) is 11.3 Å². The molecule has 0 unspecified atom stereocenters. The molecule has 43 heavy (non-hydrogen) atoms. The number of esters is 1. The number of fused-ring (bicyclic) bond motifs is 1. The van der Waals surface area contributed by atoms with Crippen LogP contribution in [0.4, 0.5) is 0 Å². The third-order valence-corrected chi connectivity index (χ3v) is 9.45. The molecule has 3 aromatic carbocycles. The largest absolute Gasteiger partial charge is 0.494 e. The second-order valence-corrected chi connectivity index (χ2v) is 13.3. The highest BCUT2D eigenvalue weighted by atomic mass is 127. The summed E-state index contributed by atoms with van der Waals surface area (Å²) in [6.07, 6.45) is 1.83.